The Morgan fingerprint density at radius 3 is 2.71 bits per heavy atom. The molecule has 1 heterocycles. The van der Waals surface area contributed by atoms with Gasteiger partial charge in [0.05, 0.1) is 0 Å². The Balaban J connectivity index is 2.46. The van der Waals surface area contributed by atoms with Crippen LogP contribution < -0.4 is 5.32 Å². The molecule has 1 N–H and O–H groups in total. The quantitative estimate of drug-likeness (QED) is 0.683. The van der Waals surface area contributed by atoms with Crippen LogP contribution in [-0.2, 0) is 4.79 Å². The molecule has 1 fully saturated rings. The van der Waals surface area contributed by atoms with E-state index in [0.29, 0.717) is 19.5 Å². The lowest BCUT2D eigenvalue weighted by Crippen LogP contribution is -2.49. The third kappa shape index (κ3) is 2.72. The maximum absolute atomic E-state index is 11.6. The molecule has 1 unspecified atom stereocenters. The van der Waals surface area contributed by atoms with Crippen LogP contribution in [0.4, 0.5) is 4.79 Å². The second-order valence-electron chi connectivity index (χ2n) is 4.17. The van der Waals surface area contributed by atoms with Crippen molar-refractivity contribution in [1.29, 1.82) is 0 Å². The molecular weight excluding hydrogens is 180 g/mol. The van der Waals surface area contributed by atoms with Gasteiger partial charge in [-0.15, -0.1) is 0 Å². The number of carbonyl (C=O) groups excluding carboxylic acids is 2. The number of urea groups is 1. The van der Waals surface area contributed by atoms with E-state index in [1.54, 1.807) is 4.90 Å². The average Bonchev–Trinajstić information content (AvgIpc) is 2.08. The van der Waals surface area contributed by atoms with Crippen LogP contribution in [0.15, 0.2) is 0 Å². The highest BCUT2D eigenvalue weighted by atomic mass is 16.2. The summed E-state index contributed by atoms with van der Waals surface area (Å²) in [6.07, 6.45) is 0.493. The minimum Gasteiger partial charge on any atom is -0.336 e. The number of hydrogen-bond acceptors (Lipinski definition) is 2. The third-order valence-electron chi connectivity index (χ3n) is 2.37. The molecule has 0 aromatic rings. The Hall–Kier alpha value is -1.06. The molecule has 0 aliphatic carbocycles. The van der Waals surface area contributed by atoms with Crippen LogP contribution in [0, 0.1) is 5.92 Å². The molecule has 1 saturated heterocycles. The molecule has 0 spiro atoms. The predicted octanol–water partition coefficient (Wildman–Crippen LogP) is 1.02. The Labute approximate surface area is 84.7 Å². The first kappa shape index (κ1) is 11.0. The second-order valence-corrected chi connectivity index (χ2v) is 4.17. The molecule has 4 nitrogen and oxygen atoms in total. The predicted molar refractivity (Wildman–Crippen MR) is 54.0 cm³/mol. The normalized spacial score (nSPS) is 22.7. The molecule has 0 saturated carbocycles. The Bertz CT molecular complexity index is 238. The molecule has 14 heavy (non-hydrogen) atoms. The van der Waals surface area contributed by atoms with Gasteiger partial charge in [0.15, 0.2) is 0 Å². The van der Waals surface area contributed by atoms with Crippen LogP contribution in [0.3, 0.4) is 0 Å². The molecule has 4 heteroatoms. The topological polar surface area (TPSA) is 49.4 Å². The SMILES string of the molecule is CC(C)NC(=O)N1CCC(=O)C(C)C1. The number of piperidine rings is 1. The molecule has 1 atom stereocenters. The number of nitrogens with one attached hydrogen (secondary N) is 1. The fourth-order valence-electron chi connectivity index (χ4n) is 1.54. The van der Waals surface area contributed by atoms with Crippen molar-refractivity contribution in [3.8, 4) is 0 Å². The number of hydrogen-bond donors (Lipinski definition) is 1. The highest BCUT2D eigenvalue weighted by Gasteiger charge is 2.26. The lowest BCUT2D eigenvalue weighted by molar-refractivity contribution is -0.124. The first-order valence-corrected chi connectivity index (χ1v) is 5.09. The summed E-state index contributed by atoms with van der Waals surface area (Å²) in [5.74, 6) is 0.250. The largest absolute Gasteiger partial charge is 0.336 e. The van der Waals surface area contributed by atoms with Crippen LogP contribution in [-0.4, -0.2) is 35.8 Å². The molecule has 0 radical (unpaired) electrons. The monoisotopic (exact) mass is 198 g/mol. The molecular formula is C10H18N2O2. The maximum Gasteiger partial charge on any atom is 0.317 e. The zero-order valence-electron chi connectivity index (χ0n) is 9.04. The first-order chi connectivity index (χ1) is 6.50. The number of nitrogens with zero attached hydrogens (tertiary/aromatic N) is 1. The lowest BCUT2D eigenvalue weighted by atomic mass is 9.99. The van der Waals surface area contributed by atoms with E-state index in [2.05, 4.69) is 5.32 Å². The van der Waals surface area contributed by atoms with Gasteiger partial charge < -0.3 is 10.2 Å². The molecule has 1 aliphatic heterocycles. The van der Waals surface area contributed by atoms with E-state index in [-0.39, 0.29) is 23.8 Å². The van der Waals surface area contributed by atoms with E-state index in [4.69, 9.17) is 0 Å². The summed E-state index contributed by atoms with van der Waals surface area (Å²) in [5, 5.41) is 2.82. The molecule has 2 amide bonds. The molecule has 0 aromatic heterocycles. The van der Waals surface area contributed by atoms with Crippen LogP contribution in [0.5, 0.6) is 0 Å². The highest BCUT2D eigenvalue weighted by molar-refractivity contribution is 5.84. The number of ketones is 1. The number of likely N-dealkylation sites (tertiary alicyclic amines) is 1. The first-order valence-electron chi connectivity index (χ1n) is 5.09. The van der Waals surface area contributed by atoms with E-state index in [1.165, 1.54) is 0 Å². The molecule has 1 rings (SSSR count). The van der Waals surface area contributed by atoms with Gasteiger partial charge in [-0.25, -0.2) is 4.79 Å². The molecule has 0 bridgehead atoms. The van der Waals surface area contributed by atoms with Crippen LogP contribution >= 0.6 is 0 Å². The van der Waals surface area contributed by atoms with Crippen LogP contribution in [0.1, 0.15) is 27.2 Å². The Kier molecular flexibility index (Phi) is 3.49. The highest BCUT2D eigenvalue weighted by Crippen LogP contribution is 2.12. The smallest absolute Gasteiger partial charge is 0.317 e. The number of carbonyl (C=O) groups is 2. The molecule has 80 valence electrons. The van der Waals surface area contributed by atoms with Gasteiger partial charge in [-0.3, -0.25) is 4.79 Å². The number of Topliss-reactive ketones (excluding diaryl/α,β-unsaturated/α-hetero) is 1. The minimum absolute atomic E-state index is 0.0123. The van der Waals surface area contributed by atoms with Gasteiger partial charge >= 0.3 is 6.03 Å². The van der Waals surface area contributed by atoms with E-state index in [1.807, 2.05) is 20.8 Å². The van der Waals surface area contributed by atoms with Crippen molar-refractivity contribution >= 4 is 11.8 Å². The summed E-state index contributed by atoms with van der Waals surface area (Å²) in [7, 11) is 0. The van der Waals surface area contributed by atoms with Gasteiger partial charge in [0.25, 0.3) is 0 Å². The zero-order valence-corrected chi connectivity index (χ0v) is 9.04. The van der Waals surface area contributed by atoms with Gasteiger partial charge in [0, 0.05) is 31.5 Å². The van der Waals surface area contributed by atoms with Crippen molar-refractivity contribution < 1.29 is 9.59 Å². The fraction of sp³-hybridized carbons (Fsp3) is 0.800. The van der Waals surface area contributed by atoms with E-state index in [0.717, 1.165) is 0 Å². The Morgan fingerprint density at radius 1 is 1.57 bits per heavy atom. The summed E-state index contributed by atoms with van der Waals surface area (Å²) < 4.78 is 0. The van der Waals surface area contributed by atoms with Crippen molar-refractivity contribution in [2.75, 3.05) is 13.1 Å². The number of amides is 2. The minimum atomic E-state index is -0.0562. The molecule has 1 aliphatic rings. The van der Waals surface area contributed by atoms with Gasteiger partial charge in [-0.1, -0.05) is 6.92 Å². The Morgan fingerprint density at radius 2 is 2.21 bits per heavy atom. The van der Waals surface area contributed by atoms with Crippen molar-refractivity contribution in [2.24, 2.45) is 5.92 Å². The van der Waals surface area contributed by atoms with E-state index in [9.17, 15) is 9.59 Å². The van der Waals surface area contributed by atoms with Crippen molar-refractivity contribution in [1.82, 2.24) is 10.2 Å². The second kappa shape index (κ2) is 4.44. The van der Waals surface area contributed by atoms with Crippen LogP contribution in [0.2, 0.25) is 0 Å². The van der Waals surface area contributed by atoms with Gasteiger partial charge in [-0.05, 0) is 13.8 Å². The van der Waals surface area contributed by atoms with Crippen molar-refractivity contribution in [2.45, 2.75) is 33.2 Å². The van der Waals surface area contributed by atoms with Gasteiger partial charge in [0.1, 0.15) is 5.78 Å². The summed E-state index contributed by atoms with van der Waals surface area (Å²) in [5.41, 5.74) is 0. The molecule has 0 aromatic carbocycles. The maximum atomic E-state index is 11.6. The van der Waals surface area contributed by atoms with E-state index < -0.39 is 0 Å². The number of rotatable bonds is 1. The average molecular weight is 198 g/mol. The van der Waals surface area contributed by atoms with Gasteiger partial charge in [-0.2, -0.15) is 0 Å². The lowest BCUT2D eigenvalue weighted by Gasteiger charge is -2.30. The summed E-state index contributed by atoms with van der Waals surface area (Å²) in [6.45, 7) is 6.84. The summed E-state index contributed by atoms with van der Waals surface area (Å²) in [6, 6.07) is 0.0924. The fourth-order valence-corrected chi connectivity index (χ4v) is 1.54. The van der Waals surface area contributed by atoms with E-state index >= 15 is 0 Å². The standard InChI is InChI=1S/C10H18N2O2/c1-7(2)11-10(14)12-5-4-9(13)8(3)6-12/h7-8H,4-6H2,1-3H3,(H,11,14). The van der Waals surface area contributed by atoms with Crippen molar-refractivity contribution in [3.63, 3.8) is 0 Å². The zero-order chi connectivity index (χ0) is 10.7. The summed E-state index contributed by atoms with van der Waals surface area (Å²) in [4.78, 5) is 24.5. The summed E-state index contributed by atoms with van der Waals surface area (Å²) >= 11 is 0. The third-order valence-corrected chi connectivity index (χ3v) is 2.37. The van der Waals surface area contributed by atoms with Crippen LogP contribution in [0.25, 0.3) is 0 Å². The van der Waals surface area contributed by atoms with Gasteiger partial charge in [0.2, 0.25) is 0 Å². The van der Waals surface area contributed by atoms with Crippen molar-refractivity contribution in [3.05, 3.63) is 0 Å².